The molecule has 0 aliphatic carbocycles. The fraction of sp³-hybridized carbons (Fsp3) is 0.188. The van der Waals surface area contributed by atoms with Gasteiger partial charge in [-0.25, -0.2) is 21.1 Å². The second-order valence-electron chi connectivity index (χ2n) is 5.79. The molecule has 0 bridgehead atoms. The Morgan fingerprint density at radius 2 is 1.77 bits per heavy atom. The van der Waals surface area contributed by atoms with E-state index in [9.17, 15) is 21.6 Å². The summed E-state index contributed by atoms with van der Waals surface area (Å²) in [5.74, 6) is -0.868. The third kappa shape index (κ3) is 3.55. The standard InChI is InChI=1S/C16H15ClN2O5S2/c1-11-2-7-14(19-16(20)8-9-25(19,21)22)10-15(11)26(23,24)18-13-5-3-12(17)4-6-13/h2-7,10,18H,8-9H2,1H3. The number of hydrogen-bond donors (Lipinski definition) is 1. The van der Waals surface area contributed by atoms with Crippen molar-refractivity contribution in [2.75, 3.05) is 14.8 Å². The highest BCUT2D eigenvalue weighted by Gasteiger charge is 2.37. The molecule has 1 fully saturated rings. The molecule has 2 aromatic rings. The highest BCUT2D eigenvalue weighted by Crippen LogP contribution is 2.30. The first-order valence-electron chi connectivity index (χ1n) is 7.55. The lowest BCUT2D eigenvalue weighted by atomic mass is 10.2. The second-order valence-corrected chi connectivity index (χ2v) is 9.81. The van der Waals surface area contributed by atoms with Gasteiger partial charge in [-0.05, 0) is 48.9 Å². The van der Waals surface area contributed by atoms with Gasteiger partial charge in [-0.3, -0.25) is 9.52 Å². The molecule has 0 atom stereocenters. The molecule has 2 aromatic carbocycles. The van der Waals surface area contributed by atoms with Crippen LogP contribution in [-0.4, -0.2) is 28.5 Å². The lowest BCUT2D eigenvalue weighted by Crippen LogP contribution is -2.29. The monoisotopic (exact) mass is 414 g/mol. The van der Waals surface area contributed by atoms with Crippen LogP contribution in [-0.2, 0) is 24.8 Å². The molecule has 0 unspecified atom stereocenters. The minimum atomic E-state index is -3.99. The highest BCUT2D eigenvalue weighted by atomic mass is 35.5. The summed E-state index contributed by atoms with van der Waals surface area (Å²) in [6.45, 7) is 1.58. The summed E-state index contributed by atoms with van der Waals surface area (Å²) in [5, 5.41) is 0.462. The Morgan fingerprint density at radius 1 is 1.12 bits per heavy atom. The number of aryl methyl sites for hydroxylation is 1. The van der Waals surface area contributed by atoms with Crippen molar-refractivity contribution < 1.29 is 21.6 Å². The van der Waals surface area contributed by atoms with Crippen LogP contribution in [0.3, 0.4) is 0 Å². The van der Waals surface area contributed by atoms with Crippen LogP contribution in [0.25, 0.3) is 0 Å². The van der Waals surface area contributed by atoms with Crippen molar-refractivity contribution in [3.05, 3.63) is 53.1 Å². The van der Waals surface area contributed by atoms with Gasteiger partial charge >= 0.3 is 0 Å². The van der Waals surface area contributed by atoms with E-state index in [0.29, 0.717) is 20.6 Å². The van der Waals surface area contributed by atoms with Gasteiger partial charge in [0.1, 0.15) is 0 Å². The average Bonchev–Trinajstić information content (AvgIpc) is 2.83. The molecule has 7 nitrogen and oxygen atoms in total. The SMILES string of the molecule is Cc1ccc(N2C(=O)CCS2(=O)=O)cc1S(=O)(=O)Nc1ccc(Cl)cc1. The largest absolute Gasteiger partial charge is 0.280 e. The van der Waals surface area contributed by atoms with Crippen LogP contribution in [0.2, 0.25) is 5.02 Å². The number of sulfonamides is 2. The predicted molar refractivity (Wildman–Crippen MR) is 99.3 cm³/mol. The Labute approximate surface area is 156 Å². The Morgan fingerprint density at radius 3 is 2.35 bits per heavy atom. The molecule has 1 saturated heterocycles. The van der Waals surface area contributed by atoms with Crippen LogP contribution >= 0.6 is 11.6 Å². The molecule has 1 N–H and O–H groups in total. The van der Waals surface area contributed by atoms with Crippen molar-refractivity contribution >= 4 is 48.9 Å². The number of halogens is 1. The van der Waals surface area contributed by atoms with Gasteiger partial charge in [0.2, 0.25) is 15.9 Å². The number of hydrogen-bond acceptors (Lipinski definition) is 5. The number of carbonyl (C=O) groups excluding carboxylic acids is 1. The van der Waals surface area contributed by atoms with Gasteiger partial charge in [0.15, 0.2) is 0 Å². The first kappa shape index (κ1) is 18.7. The van der Waals surface area contributed by atoms with Crippen LogP contribution in [0.15, 0.2) is 47.4 Å². The summed E-state index contributed by atoms with van der Waals surface area (Å²) in [6.07, 6.45) is -0.124. The first-order chi connectivity index (χ1) is 12.1. The normalized spacial score (nSPS) is 16.7. The molecule has 0 spiro atoms. The maximum absolute atomic E-state index is 12.7. The number of benzene rings is 2. The Balaban J connectivity index is 2.02. The van der Waals surface area contributed by atoms with Crippen LogP contribution in [0.5, 0.6) is 0 Å². The zero-order valence-electron chi connectivity index (χ0n) is 13.6. The van der Waals surface area contributed by atoms with Gasteiger partial charge in [-0.15, -0.1) is 0 Å². The molecule has 1 aliphatic heterocycles. The first-order valence-corrected chi connectivity index (χ1v) is 11.0. The van der Waals surface area contributed by atoms with E-state index >= 15 is 0 Å². The van der Waals surface area contributed by atoms with Crippen molar-refractivity contribution in [2.24, 2.45) is 0 Å². The number of nitrogens with one attached hydrogen (secondary N) is 1. The molecule has 0 aromatic heterocycles. The van der Waals surface area contributed by atoms with Crippen molar-refractivity contribution in [2.45, 2.75) is 18.2 Å². The third-order valence-electron chi connectivity index (χ3n) is 3.87. The zero-order chi connectivity index (χ0) is 19.1. The van der Waals surface area contributed by atoms with Crippen LogP contribution in [0.4, 0.5) is 11.4 Å². The lowest BCUT2D eigenvalue weighted by Gasteiger charge is -2.17. The van der Waals surface area contributed by atoms with Crippen LogP contribution in [0, 0.1) is 6.92 Å². The van der Waals surface area contributed by atoms with E-state index in [-0.39, 0.29) is 22.8 Å². The summed E-state index contributed by atoms with van der Waals surface area (Å²) >= 11 is 5.79. The smallest absolute Gasteiger partial charge is 0.262 e. The van der Waals surface area contributed by atoms with Crippen molar-refractivity contribution in [1.29, 1.82) is 0 Å². The summed E-state index contributed by atoms with van der Waals surface area (Å²) in [5.41, 5.74) is 0.734. The summed E-state index contributed by atoms with van der Waals surface area (Å²) < 4.78 is 52.7. The Hall–Kier alpha value is -2.10. The van der Waals surface area contributed by atoms with E-state index < -0.39 is 26.0 Å². The van der Waals surface area contributed by atoms with E-state index in [1.54, 1.807) is 6.92 Å². The molecule has 1 aliphatic rings. The van der Waals surface area contributed by atoms with Gasteiger partial charge in [0.25, 0.3) is 10.0 Å². The molecule has 3 rings (SSSR count). The van der Waals surface area contributed by atoms with Crippen LogP contribution < -0.4 is 9.03 Å². The minimum Gasteiger partial charge on any atom is -0.280 e. The number of carbonyl (C=O) groups is 1. The van der Waals surface area contributed by atoms with Gasteiger partial charge in [-0.2, -0.15) is 0 Å². The molecular weight excluding hydrogens is 400 g/mol. The van der Waals surface area contributed by atoms with E-state index in [4.69, 9.17) is 11.6 Å². The molecule has 0 radical (unpaired) electrons. The Bertz CT molecular complexity index is 1080. The number of anilines is 2. The molecule has 138 valence electrons. The van der Waals surface area contributed by atoms with E-state index in [1.165, 1.54) is 42.5 Å². The van der Waals surface area contributed by atoms with E-state index in [0.717, 1.165) is 0 Å². The molecule has 0 saturated carbocycles. The number of amides is 1. The second kappa shape index (κ2) is 6.57. The third-order valence-corrected chi connectivity index (χ3v) is 7.34. The summed E-state index contributed by atoms with van der Waals surface area (Å²) in [6, 6.07) is 10.2. The summed E-state index contributed by atoms with van der Waals surface area (Å²) in [4.78, 5) is 11.8. The topological polar surface area (TPSA) is 101 Å². The molecule has 1 heterocycles. The quantitative estimate of drug-likeness (QED) is 0.828. The molecule has 26 heavy (non-hydrogen) atoms. The predicted octanol–water partition coefficient (Wildman–Crippen LogP) is 2.52. The Kier molecular flexibility index (Phi) is 4.72. The van der Waals surface area contributed by atoms with Gasteiger partial charge in [-0.1, -0.05) is 17.7 Å². The van der Waals surface area contributed by atoms with Crippen molar-refractivity contribution in [3.63, 3.8) is 0 Å². The van der Waals surface area contributed by atoms with Crippen LogP contribution in [0.1, 0.15) is 12.0 Å². The number of rotatable bonds is 4. The molecule has 1 amide bonds. The van der Waals surface area contributed by atoms with Gasteiger partial charge in [0.05, 0.1) is 16.3 Å². The lowest BCUT2D eigenvalue weighted by molar-refractivity contribution is -0.116. The highest BCUT2D eigenvalue weighted by molar-refractivity contribution is 7.94. The molecule has 10 heteroatoms. The summed E-state index contributed by atoms with van der Waals surface area (Å²) in [7, 11) is -7.76. The molecular formula is C16H15ClN2O5S2. The fourth-order valence-electron chi connectivity index (χ4n) is 2.60. The minimum absolute atomic E-state index is 0.00887. The van der Waals surface area contributed by atoms with E-state index in [2.05, 4.69) is 4.72 Å². The average molecular weight is 415 g/mol. The van der Waals surface area contributed by atoms with Crippen molar-refractivity contribution in [3.8, 4) is 0 Å². The zero-order valence-corrected chi connectivity index (χ0v) is 16.0. The van der Waals surface area contributed by atoms with Crippen molar-refractivity contribution in [1.82, 2.24) is 0 Å². The number of nitrogens with zero attached hydrogens (tertiary/aromatic N) is 1. The fourth-order valence-corrected chi connectivity index (χ4v) is 5.50. The van der Waals surface area contributed by atoms with E-state index in [1.807, 2.05) is 0 Å². The van der Waals surface area contributed by atoms with Gasteiger partial charge in [0, 0.05) is 17.1 Å². The maximum atomic E-state index is 12.7. The maximum Gasteiger partial charge on any atom is 0.262 e. The van der Waals surface area contributed by atoms with Gasteiger partial charge < -0.3 is 0 Å².